The third-order valence-electron chi connectivity index (χ3n) is 4.41. The van der Waals surface area contributed by atoms with Crippen molar-refractivity contribution in [3.63, 3.8) is 0 Å². The van der Waals surface area contributed by atoms with E-state index < -0.39 is 41.7 Å². The number of hydrogen-bond acceptors (Lipinski definition) is 12. The fourth-order valence-corrected chi connectivity index (χ4v) is 4.37. The molecule has 1 aliphatic rings. The molecule has 0 amide bonds. The molecule has 33 heavy (non-hydrogen) atoms. The fourth-order valence-electron chi connectivity index (χ4n) is 3.16. The molecule has 2 aromatic rings. The fraction of sp³-hybridized carbons (Fsp3) is 0.429. The molecular formula is C21H23N3O8S. The first kappa shape index (κ1) is 24.2. The molecule has 1 saturated heterocycles. The summed E-state index contributed by atoms with van der Waals surface area (Å²) in [7, 11) is 1.47. The zero-order valence-electron chi connectivity index (χ0n) is 18.4. The van der Waals surface area contributed by atoms with E-state index in [1.54, 1.807) is 24.7 Å². The van der Waals surface area contributed by atoms with Gasteiger partial charge in [-0.15, -0.1) is 11.8 Å². The molecule has 0 bridgehead atoms. The summed E-state index contributed by atoms with van der Waals surface area (Å²) in [5, 5.41) is 0. The summed E-state index contributed by atoms with van der Waals surface area (Å²) in [4.78, 5) is 47.4. The van der Waals surface area contributed by atoms with Gasteiger partial charge in [0.05, 0.1) is 13.3 Å². The van der Waals surface area contributed by atoms with Crippen molar-refractivity contribution in [2.24, 2.45) is 0 Å². The number of hydrogen-bond donors (Lipinski definition) is 0. The summed E-state index contributed by atoms with van der Waals surface area (Å²) < 4.78 is 27.1. The Morgan fingerprint density at radius 2 is 1.52 bits per heavy atom. The number of nitrogens with zero attached hydrogens (tertiary/aromatic N) is 3. The zero-order valence-corrected chi connectivity index (χ0v) is 19.2. The van der Waals surface area contributed by atoms with Crippen LogP contribution in [0.15, 0.2) is 30.9 Å². The summed E-state index contributed by atoms with van der Waals surface area (Å²) >= 11 is 1.26. The molecule has 11 nitrogen and oxygen atoms in total. The summed E-state index contributed by atoms with van der Waals surface area (Å²) in [6.45, 7) is 3.70. The van der Waals surface area contributed by atoms with E-state index in [9.17, 15) is 14.4 Å². The van der Waals surface area contributed by atoms with Crippen LogP contribution >= 0.6 is 11.8 Å². The largest absolute Gasteiger partial charge is 0.474 e. The maximum absolute atomic E-state index is 11.8. The van der Waals surface area contributed by atoms with Crippen LogP contribution < -0.4 is 9.47 Å². The molecule has 0 spiro atoms. The third-order valence-corrected chi connectivity index (χ3v) is 5.63. The lowest BCUT2D eigenvalue weighted by molar-refractivity contribution is -0.186. The predicted octanol–water partition coefficient (Wildman–Crippen LogP) is 1.79. The van der Waals surface area contributed by atoms with Crippen molar-refractivity contribution in [2.45, 2.75) is 44.5 Å². The van der Waals surface area contributed by atoms with Crippen molar-refractivity contribution in [3.8, 4) is 22.9 Å². The zero-order chi connectivity index (χ0) is 24.0. The van der Waals surface area contributed by atoms with Gasteiger partial charge in [0, 0.05) is 56.2 Å². The van der Waals surface area contributed by atoms with Gasteiger partial charge in [-0.25, -0.2) is 9.97 Å². The number of rotatable bonds is 7. The van der Waals surface area contributed by atoms with E-state index in [1.165, 1.54) is 45.8 Å². The number of carbonyl (C=O) groups is 3. The Bertz CT molecular complexity index is 1000. The average molecular weight is 477 g/mol. The second-order valence-electron chi connectivity index (χ2n) is 6.98. The second-order valence-corrected chi connectivity index (χ2v) is 8.11. The molecule has 3 heterocycles. The number of methoxy groups -OCH3 is 1. The Labute approximate surface area is 194 Å². The molecule has 1 fully saturated rings. The first-order valence-electron chi connectivity index (χ1n) is 9.88. The lowest BCUT2D eigenvalue weighted by Crippen LogP contribution is -2.55. The van der Waals surface area contributed by atoms with Gasteiger partial charge in [0.25, 0.3) is 0 Å². The van der Waals surface area contributed by atoms with Crippen LogP contribution in [0.5, 0.6) is 11.8 Å². The van der Waals surface area contributed by atoms with Gasteiger partial charge in [0.15, 0.2) is 23.7 Å². The molecule has 0 unspecified atom stereocenters. The van der Waals surface area contributed by atoms with E-state index in [2.05, 4.69) is 15.0 Å². The van der Waals surface area contributed by atoms with Gasteiger partial charge < -0.3 is 23.7 Å². The van der Waals surface area contributed by atoms with Crippen LogP contribution in [-0.2, 0) is 28.6 Å². The van der Waals surface area contributed by atoms with Crippen LogP contribution in [0.2, 0.25) is 0 Å². The Hall–Kier alpha value is -3.41. The van der Waals surface area contributed by atoms with Gasteiger partial charge in [-0.1, -0.05) is 0 Å². The first-order chi connectivity index (χ1) is 15.8. The second kappa shape index (κ2) is 10.9. The molecule has 12 heteroatoms. The number of ether oxygens (including phenoxy) is 5. The lowest BCUT2D eigenvalue weighted by Gasteiger charge is -2.39. The standard InChI is InChI=1S/C21H23N3O8S/c1-11(25)29-17-10-33-20(19(31-13(3)27)18(17)30-12(2)26)32-16-5-14(6-22-9-16)15-7-23-21(28-4)24-8-15/h5-9,17-20H,10H2,1-4H3/t17-,18+,19-,20-/m1/s1. The van der Waals surface area contributed by atoms with Gasteiger partial charge >= 0.3 is 23.9 Å². The van der Waals surface area contributed by atoms with Gasteiger partial charge in [-0.05, 0) is 6.07 Å². The van der Waals surface area contributed by atoms with Crippen molar-refractivity contribution in [1.82, 2.24) is 15.0 Å². The Morgan fingerprint density at radius 3 is 2.12 bits per heavy atom. The molecule has 3 rings (SSSR count). The normalized spacial score (nSPS) is 22.1. The maximum Gasteiger partial charge on any atom is 0.316 e. The smallest absolute Gasteiger partial charge is 0.316 e. The number of esters is 3. The molecule has 1 aliphatic heterocycles. The van der Waals surface area contributed by atoms with Crippen LogP contribution in [0.25, 0.3) is 11.1 Å². The number of carbonyl (C=O) groups excluding carboxylic acids is 3. The summed E-state index contributed by atoms with van der Waals surface area (Å²) in [6, 6.07) is 1.96. The van der Waals surface area contributed by atoms with E-state index in [1.807, 2.05) is 0 Å². The van der Waals surface area contributed by atoms with Crippen LogP contribution in [0.1, 0.15) is 20.8 Å². The van der Waals surface area contributed by atoms with Gasteiger partial charge in [0.2, 0.25) is 0 Å². The van der Waals surface area contributed by atoms with Gasteiger partial charge in [-0.2, -0.15) is 0 Å². The molecule has 2 aromatic heterocycles. The van der Waals surface area contributed by atoms with E-state index >= 15 is 0 Å². The molecule has 0 N–H and O–H groups in total. The van der Waals surface area contributed by atoms with E-state index in [4.69, 9.17) is 23.7 Å². The number of aromatic nitrogens is 3. The van der Waals surface area contributed by atoms with Crippen LogP contribution in [-0.4, -0.2) is 69.5 Å². The number of pyridine rings is 1. The third kappa shape index (κ3) is 6.54. The highest BCUT2D eigenvalue weighted by Crippen LogP contribution is 2.35. The predicted molar refractivity (Wildman–Crippen MR) is 115 cm³/mol. The molecular weight excluding hydrogens is 454 g/mol. The molecule has 0 aliphatic carbocycles. The Balaban J connectivity index is 1.85. The highest BCUT2D eigenvalue weighted by Gasteiger charge is 2.47. The monoisotopic (exact) mass is 477 g/mol. The van der Waals surface area contributed by atoms with Gasteiger partial charge in [0.1, 0.15) is 5.75 Å². The molecule has 176 valence electrons. The molecule has 0 aromatic carbocycles. The van der Waals surface area contributed by atoms with Crippen LogP contribution in [0.4, 0.5) is 0 Å². The highest BCUT2D eigenvalue weighted by molar-refractivity contribution is 7.99. The van der Waals surface area contributed by atoms with Crippen LogP contribution in [0.3, 0.4) is 0 Å². The van der Waals surface area contributed by atoms with E-state index in [-0.39, 0.29) is 11.8 Å². The van der Waals surface area contributed by atoms with E-state index in [0.717, 1.165) is 0 Å². The lowest BCUT2D eigenvalue weighted by atomic mass is 10.1. The topological polar surface area (TPSA) is 136 Å². The van der Waals surface area contributed by atoms with Crippen LogP contribution in [0, 0.1) is 0 Å². The minimum atomic E-state index is -1.03. The highest BCUT2D eigenvalue weighted by atomic mass is 32.2. The maximum atomic E-state index is 11.8. The Morgan fingerprint density at radius 1 is 0.879 bits per heavy atom. The summed E-state index contributed by atoms with van der Waals surface area (Å²) in [5.74, 6) is -1.11. The molecule has 0 radical (unpaired) electrons. The van der Waals surface area contributed by atoms with Crippen molar-refractivity contribution in [3.05, 3.63) is 30.9 Å². The minimum Gasteiger partial charge on any atom is -0.474 e. The quantitative estimate of drug-likeness (QED) is 0.425. The Kier molecular flexibility index (Phi) is 8.04. The van der Waals surface area contributed by atoms with Crippen molar-refractivity contribution < 1.29 is 38.1 Å². The number of thioether (sulfide) groups is 1. The average Bonchev–Trinajstić information content (AvgIpc) is 2.77. The van der Waals surface area contributed by atoms with Gasteiger partial charge in [-0.3, -0.25) is 19.4 Å². The van der Waals surface area contributed by atoms with Crippen molar-refractivity contribution in [1.29, 1.82) is 0 Å². The molecule has 4 atom stereocenters. The first-order valence-corrected chi connectivity index (χ1v) is 10.9. The van der Waals surface area contributed by atoms with Crippen molar-refractivity contribution in [2.75, 3.05) is 12.9 Å². The summed E-state index contributed by atoms with van der Waals surface area (Å²) in [5.41, 5.74) is 0.623. The minimum absolute atomic E-state index is 0.237. The molecule has 0 saturated carbocycles. The summed E-state index contributed by atoms with van der Waals surface area (Å²) in [6.07, 6.45) is 3.43. The van der Waals surface area contributed by atoms with Crippen molar-refractivity contribution >= 4 is 29.7 Å². The van der Waals surface area contributed by atoms with E-state index in [0.29, 0.717) is 16.9 Å². The SMILES string of the molecule is COc1ncc(-c2cncc(O[C@@H]3SC[C@@H](OC(C)=O)[C@H](OC(C)=O)[C@H]3OC(C)=O)c2)cn1.